The second kappa shape index (κ2) is 4.51. The summed E-state index contributed by atoms with van der Waals surface area (Å²) >= 11 is 0. The van der Waals surface area contributed by atoms with Crippen LogP contribution in [0, 0.1) is 0 Å². The second-order valence-electron chi connectivity index (χ2n) is 4.02. The van der Waals surface area contributed by atoms with Crippen molar-refractivity contribution in [3.8, 4) is 0 Å². The largest absolute Gasteiger partial charge is 0.461 e. The highest BCUT2D eigenvalue weighted by atomic mass is 16.5. The van der Waals surface area contributed by atoms with Gasteiger partial charge in [0.05, 0.1) is 6.61 Å². The zero-order chi connectivity index (χ0) is 10.7. The van der Waals surface area contributed by atoms with Crippen LogP contribution < -0.4 is 0 Å². The van der Waals surface area contributed by atoms with Gasteiger partial charge in [-0.25, -0.2) is 4.79 Å². The van der Waals surface area contributed by atoms with E-state index in [1.54, 1.807) is 0 Å². The van der Waals surface area contributed by atoms with Crippen LogP contribution in [0.3, 0.4) is 0 Å². The van der Waals surface area contributed by atoms with Gasteiger partial charge in [0, 0.05) is 12.2 Å². The Bertz CT molecular complexity index is 339. The molecule has 0 bridgehead atoms. The summed E-state index contributed by atoms with van der Waals surface area (Å²) in [6.45, 7) is 2.62. The van der Waals surface area contributed by atoms with Gasteiger partial charge in [0.25, 0.3) is 0 Å². The van der Waals surface area contributed by atoms with Crippen molar-refractivity contribution >= 4 is 5.97 Å². The standard InChI is InChI=1S/C12H17NO2/c1-2-3-9-15-12(14)11-5-4-8-13(11)10-6-7-10/h4-5,8,10H,2-3,6-7,9H2,1H3. The Hall–Kier alpha value is -1.25. The molecule has 1 aliphatic carbocycles. The Labute approximate surface area is 90.0 Å². The molecule has 1 aromatic rings. The number of rotatable bonds is 5. The number of hydrogen-bond acceptors (Lipinski definition) is 2. The van der Waals surface area contributed by atoms with Gasteiger partial charge in [-0.15, -0.1) is 0 Å². The number of nitrogens with zero attached hydrogens (tertiary/aromatic N) is 1. The molecule has 3 nitrogen and oxygen atoms in total. The quantitative estimate of drug-likeness (QED) is 0.549. The third kappa shape index (κ3) is 2.41. The first kappa shape index (κ1) is 10.3. The van der Waals surface area contributed by atoms with Crippen molar-refractivity contribution in [1.29, 1.82) is 0 Å². The van der Waals surface area contributed by atoms with Crippen LogP contribution in [0.4, 0.5) is 0 Å². The van der Waals surface area contributed by atoms with E-state index in [0.29, 0.717) is 18.3 Å². The summed E-state index contributed by atoms with van der Waals surface area (Å²) in [6.07, 6.45) is 6.33. The fourth-order valence-electron chi connectivity index (χ4n) is 1.62. The van der Waals surface area contributed by atoms with Crippen LogP contribution in [0.25, 0.3) is 0 Å². The zero-order valence-corrected chi connectivity index (χ0v) is 9.11. The van der Waals surface area contributed by atoms with Gasteiger partial charge in [-0.2, -0.15) is 0 Å². The molecular weight excluding hydrogens is 190 g/mol. The first-order valence-corrected chi connectivity index (χ1v) is 5.67. The Morgan fingerprint density at radius 3 is 3.07 bits per heavy atom. The van der Waals surface area contributed by atoms with E-state index in [1.807, 2.05) is 22.9 Å². The number of hydrogen-bond donors (Lipinski definition) is 0. The van der Waals surface area contributed by atoms with Crippen molar-refractivity contribution < 1.29 is 9.53 Å². The van der Waals surface area contributed by atoms with Crippen LogP contribution in [0.1, 0.15) is 49.1 Å². The topological polar surface area (TPSA) is 31.2 Å². The monoisotopic (exact) mass is 207 g/mol. The maximum Gasteiger partial charge on any atom is 0.354 e. The maximum atomic E-state index is 11.7. The van der Waals surface area contributed by atoms with Crippen LogP contribution in [0.5, 0.6) is 0 Å². The number of unbranched alkanes of at least 4 members (excludes halogenated alkanes) is 1. The van der Waals surface area contributed by atoms with E-state index >= 15 is 0 Å². The van der Waals surface area contributed by atoms with Crippen molar-refractivity contribution in [2.75, 3.05) is 6.61 Å². The average Bonchev–Trinajstić information content (AvgIpc) is 2.96. The molecule has 1 heterocycles. The lowest BCUT2D eigenvalue weighted by Gasteiger charge is -2.07. The van der Waals surface area contributed by atoms with Crippen LogP contribution >= 0.6 is 0 Å². The molecule has 1 saturated carbocycles. The molecule has 0 N–H and O–H groups in total. The number of carbonyl (C=O) groups is 1. The fraction of sp³-hybridized carbons (Fsp3) is 0.583. The fourth-order valence-corrected chi connectivity index (χ4v) is 1.62. The highest BCUT2D eigenvalue weighted by molar-refractivity contribution is 5.87. The van der Waals surface area contributed by atoms with E-state index in [1.165, 1.54) is 12.8 Å². The summed E-state index contributed by atoms with van der Waals surface area (Å²) in [4.78, 5) is 11.7. The molecule has 0 saturated heterocycles. The summed E-state index contributed by atoms with van der Waals surface area (Å²) in [7, 11) is 0. The predicted molar refractivity (Wildman–Crippen MR) is 57.9 cm³/mol. The Kier molecular flexibility index (Phi) is 3.09. The molecule has 3 heteroatoms. The minimum absolute atomic E-state index is 0.180. The summed E-state index contributed by atoms with van der Waals surface area (Å²) in [6, 6.07) is 4.29. The van der Waals surface area contributed by atoms with Crippen LogP contribution in [-0.2, 0) is 4.74 Å². The Morgan fingerprint density at radius 1 is 1.60 bits per heavy atom. The molecule has 0 radical (unpaired) electrons. The highest BCUT2D eigenvalue weighted by Gasteiger charge is 2.27. The number of aromatic nitrogens is 1. The third-order valence-corrected chi connectivity index (χ3v) is 2.66. The predicted octanol–water partition coefficient (Wildman–Crippen LogP) is 2.78. The van der Waals surface area contributed by atoms with Crippen molar-refractivity contribution in [2.45, 2.75) is 38.6 Å². The van der Waals surface area contributed by atoms with Crippen molar-refractivity contribution in [3.63, 3.8) is 0 Å². The lowest BCUT2D eigenvalue weighted by Crippen LogP contribution is -2.11. The summed E-state index contributed by atoms with van der Waals surface area (Å²) in [5.74, 6) is -0.180. The summed E-state index contributed by atoms with van der Waals surface area (Å²) in [5, 5.41) is 0. The molecule has 0 atom stereocenters. The van der Waals surface area contributed by atoms with E-state index in [-0.39, 0.29) is 5.97 Å². The third-order valence-electron chi connectivity index (χ3n) is 2.66. The molecule has 2 rings (SSSR count). The number of carbonyl (C=O) groups excluding carboxylic acids is 1. The minimum atomic E-state index is -0.180. The van der Waals surface area contributed by atoms with Crippen LogP contribution in [-0.4, -0.2) is 17.1 Å². The van der Waals surface area contributed by atoms with Gasteiger partial charge in [0.15, 0.2) is 0 Å². The van der Waals surface area contributed by atoms with Gasteiger partial charge in [0.1, 0.15) is 5.69 Å². The van der Waals surface area contributed by atoms with Gasteiger partial charge >= 0.3 is 5.97 Å². The molecule has 1 aromatic heterocycles. The molecule has 1 fully saturated rings. The van der Waals surface area contributed by atoms with Crippen molar-refractivity contribution in [2.24, 2.45) is 0 Å². The zero-order valence-electron chi connectivity index (χ0n) is 9.11. The smallest absolute Gasteiger partial charge is 0.354 e. The summed E-state index contributed by atoms with van der Waals surface area (Å²) in [5.41, 5.74) is 0.702. The molecule has 15 heavy (non-hydrogen) atoms. The van der Waals surface area contributed by atoms with Crippen LogP contribution in [0.2, 0.25) is 0 Å². The van der Waals surface area contributed by atoms with E-state index in [2.05, 4.69) is 6.92 Å². The Balaban J connectivity index is 1.95. The molecule has 0 unspecified atom stereocenters. The normalized spacial score (nSPS) is 15.3. The van der Waals surface area contributed by atoms with Gasteiger partial charge in [0.2, 0.25) is 0 Å². The Morgan fingerprint density at radius 2 is 2.40 bits per heavy atom. The average molecular weight is 207 g/mol. The lowest BCUT2D eigenvalue weighted by molar-refractivity contribution is 0.0487. The summed E-state index contributed by atoms with van der Waals surface area (Å²) < 4.78 is 7.22. The molecule has 82 valence electrons. The van der Waals surface area contributed by atoms with Crippen LogP contribution in [0.15, 0.2) is 18.3 Å². The lowest BCUT2D eigenvalue weighted by atomic mass is 10.3. The van der Waals surface area contributed by atoms with Crippen molar-refractivity contribution in [1.82, 2.24) is 4.57 Å². The highest BCUT2D eigenvalue weighted by Crippen LogP contribution is 2.36. The van der Waals surface area contributed by atoms with Gasteiger partial charge in [-0.3, -0.25) is 0 Å². The van der Waals surface area contributed by atoms with E-state index < -0.39 is 0 Å². The van der Waals surface area contributed by atoms with E-state index in [9.17, 15) is 4.79 Å². The molecular formula is C12H17NO2. The number of esters is 1. The minimum Gasteiger partial charge on any atom is -0.461 e. The van der Waals surface area contributed by atoms with Gasteiger partial charge in [-0.05, 0) is 31.4 Å². The first-order valence-electron chi connectivity index (χ1n) is 5.67. The SMILES string of the molecule is CCCCOC(=O)c1cccn1C1CC1. The van der Waals surface area contributed by atoms with Crippen molar-refractivity contribution in [3.05, 3.63) is 24.0 Å². The van der Waals surface area contributed by atoms with Gasteiger partial charge < -0.3 is 9.30 Å². The maximum absolute atomic E-state index is 11.7. The van der Waals surface area contributed by atoms with E-state index in [0.717, 1.165) is 12.8 Å². The molecule has 1 aliphatic rings. The molecule has 0 aliphatic heterocycles. The molecule has 0 amide bonds. The van der Waals surface area contributed by atoms with Gasteiger partial charge in [-0.1, -0.05) is 13.3 Å². The van der Waals surface area contributed by atoms with E-state index in [4.69, 9.17) is 4.74 Å². The second-order valence-corrected chi connectivity index (χ2v) is 4.02. The first-order chi connectivity index (χ1) is 7.33. The number of ether oxygens (including phenoxy) is 1. The molecule has 0 aromatic carbocycles. The molecule has 0 spiro atoms.